The molecule has 2 rings (SSSR count). The Balaban J connectivity index is 2.17. The van der Waals surface area contributed by atoms with Gasteiger partial charge in [-0.15, -0.1) is 0 Å². The molecule has 0 aliphatic carbocycles. The first-order chi connectivity index (χ1) is 15.2. The molecule has 0 aliphatic heterocycles. The van der Waals surface area contributed by atoms with E-state index in [2.05, 4.69) is 0 Å². The molecular weight excluding hydrogens is 484 g/mol. The van der Waals surface area contributed by atoms with Crippen LogP contribution in [0.2, 0.25) is 5.02 Å². The van der Waals surface area contributed by atoms with Gasteiger partial charge < -0.3 is 5.32 Å². The third kappa shape index (κ3) is 7.71. The number of aryl methyl sites for hydroxylation is 1. The highest BCUT2D eigenvalue weighted by molar-refractivity contribution is 6.30. The van der Waals surface area contributed by atoms with Gasteiger partial charge >= 0.3 is 12.4 Å². The van der Waals surface area contributed by atoms with Crippen LogP contribution in [0.3, 0.4) is 0 Å². The summed E-state index contributed by atoms with van der Waals surface area (Å²) in [6.07, 6.45) is -7.54. The molecule has 2 aromatic rings. The molecule has 1 unspecified atom stereocenters. The number of benzene rings is 2. The number of rotatable bonds is 7. The molecule has 2 N–H and O–H groups in total. The smallest absolute Gasteiger partial charge is 0.339 e. The number of amides is 1. The standard InChI is InChI=1S/C21H17ClF8N2O/c1-11-6-13(8-16(22)18(11)24)15(21(28,29)30)5-3-12-2-4-14(17(23)7-12)19(33)32-10-31-9-20(25,26)27/h2-8,15,31H,9-10H2,1H3,(H,32,33)/b5-3+. The van der Waals surface area contributed by atoms with Gasteiger partial charge in [0, 0.05) is 0 Å². The molecular formula is C21H17ClF8N2O. The minimum absolute atomic E-state index is 0.0153. The van der Waals surface area contributed by atoms with E-state index >= 15 is 0 Å². The van der Waals surface area contributed by atoms with Crippen molar-refractivity contribution in [2.45, 2.75) is 25.2 Å². The zero-order chi connectivity index (χ0) is 25.0. The molecule has 0 bridgehead atoms. The molecule has 33 heavy (non-hydrogen) atoms. The maximum Gasteiger partial charge on any atom is 0.401 e. The average Bonchev–Trinajstić information content (AvgIpc) is 2.67. The molecule has 0 spiro atoms. The molecule has 12 heteroatoms. The summed E-state index contributed by atoms with van der Waals surface area (Å²) >= 11 is 5.65. The lowest BCUT2D eigenvalue weighted by Gasteiger charge is -2.18. The number of carbonyl (C=O) groups is 1. The van der Waals surface area contributed by atoms with E-state index in [4.69, 9.17) is 11.6 Å². The van der Waals surface area contributed by atoms with Gasteiger partial charge in [0.05, 0.1) is 29.7 Å². The number of halogens is 9. The fourth-order valence-corrected chi connectivity index (χ4v) is 3.09. The van der Waals surface area contributed by atoms with Gasteiger partial charge in [-0.2, -0.15) is 26.3 Å². The van der Waals surface area contributed by atoms with Crippen molar-refractivity contribution in [1.29, 1.82) is 0 Å². The lowest BCUT2D eigenvalue weighted by molar-refractivity contribution is -0.139. The number of carbonyl (C=O) groups excluding carboxylic acids is 1. The number of nitrogens with one attached hydrogen (secondary N) is 2. The van der Waals surface area contributed by atoms with Gasteiger partial charge in [-0.3, -0.25) is 10.1 Å². The molecule has 1 amide bonds. The highest BCUT2D eigenvalue weighted by Crippen LogP contribution is 2.38. The molecule has 2 aromatic carbocycles. The second kappa shape index (κ2) is 10.5. The third-order valence-corrected chi connectivity index (χ3v) is 4.64. The Kier molecular flexibility index (Phi) is 8.47. The molecule has 3 nitrogen and oxygen atoms in total. The van der Waals surface area contributed by atoms with E-state index in [0.29, 0.717) is 0 Å². The maximum atomic E-state index is 14.3. The first-order valence-corrected chi connectivity index (χ1v) is 9.62. The molecule has 180 valence electrons. The molecule has 0 aromatic heterocycles. The fourth-order valence-electron chi connectivity index (χ4n) is 2.81. The van der Waals surface area contributed by atoms with Gasteiger partial charge in [-0.25, -0.2) is 8.78 Å². The Morgan fingerprint density at radius 2 is 1.76 bits per heavy atom. The molecule has 0 aliphatic rings. The van der Waals surface area contributed by atoms with Crippen molar-refractivity contribution in [3.8, 4) is 0 Å². The van der Waals surface area contributed by atoms with Crippen molar-refractivity contribution in [3.63, 3.8) is 0 Å². The second-order valence-corrected chi connectivity index (χ2v) is 7.38. The van der Waals surface area contributed by atoms with Gasteiger partial charge in [-0.1, -0.05) is 35.9 Å². The van der Waals surface area contributed by atoms with Crippen molar-refractivity contribution >= 4 is 23.6 Å². The van der Waals surface area contributed by atoms with Crippen LogP contribution in [0.5, 0.6) is 0 Å². The summed E-state index contributed by atoms with van der Waals surface area (Å²) in [6, 6.07) is 4.80. The Morgan fingerprint density at radius 1 is 1.09 bits per heavy atom. The van der Waals surface area contributed by atoms with Crippen molar-refractivity contribution in [2.75, 3.05) is 13.2 Å². The molecule has 0 saturated carbocycles. The SMILES string of the molecule is Cc1cc(C(/C=C/c2ccc(C(=O)NCNCC(F)(F)F)c(F)c2)C(F)(F)F)cc(Cl)c1F. The number of hydrogen-bond acceptors (Lipinski definition) is 2. The molecule has 1 atom stereocenters. The largest absolute Gasteiger partial charge is 0.401 e. The second-order valence-electron chi connectivity index (χ2n) is 6.98. The number of hydrogen-bond donors (Lipinski definition) is 2. The van der Waals surface area contributed by atoms with Crippen molar-refractivity contribution in [1.82, 2.24) is 10.6 Å². The van der Waals surface area contributed by atoms with Gasteiger partial charge in [0.1, 0.15) is 11.6 Å². The molecule has 0 radical (unpaired) electrons. The monoisotopic (exact) mass is 500 g/mol. The van der Waals surface area contributed by atoms with Crippen molar-refractivity contribution < 1.29 is 39.9 Å². The number of alkyl halides is 6. The lowest BCUT2D eigenvalue weighted by atomic mass is 9.95. The minimum Gasteiger partial charge on any atom is -0.339 e. The summed E-state index contributed by atoms with van der Waals surface area (Å²) < 4.78 is 105. The minimum atomic E-state index is -4.76. The zero-order valence-electron chi connectivity index (χ0n) is 16.8. The predicted molar refractivity (Wildman–Crippen MR) is 107 cm³/mol. The highest BCUT2D eigenvalue weighted by Gasteiger charge is 2.39. The summed E-state index contributed by atoms with van der Waals surface area (Å²) in [4.78, 5) is 11.9. The van der Waals surface area contributed by atoms with Gasteiger partial charge in [-0.05, 0) is 41.8 Å². The summed E-state index contributed by atoms with van der Waals surface area (Å²) in [7, 11) is 0. The topological polar surface area (TPSA) is 41.1 Å². The van der Waals surface area contributed by atoms with Crippen LogP contribution in [0.25, 0.3) is 6.08 Å². The molecule has 0 saturated heterocycles. The van der Waals surface area contributed by atoms with Crippen molar-refractivity contribution in [3.05, 3.63) is 75.3 Å². The molecule has 0 heterocycles. The Hall–Kier alpha value is -2.66. The predicted octanol–water partition coefficient (Wildman–Crippen LogP) is 6.13. The first-order valence-electron chi connectivity index (χ1n) is 9.24. The van der Waals surface area contributed by atoms with E-state index < -0.39 is 59.6 Å². The quantitative estimate of drug-likeness (QED) is 0.273. The summed E-state index contributed by atoms with van der Waals surface area (Å²) in [5.74, 6) is -5.10. The van der Waals surface area contributed by atoms with E-state index in [9.17, 15) is 39.9 Å². The van der Waals surface area contributed by atoms with Crippen LogP contribution in [0.1, 0.15) is 33.0 Å². The van der Waals surface area contributed by atoms with E-state index in [0.717, 1.165) is 42.5 Å². The van der Waals surface area contributed by atoms with Crippen LogP contribution in [0, 0.1) is 18.6 Å². The Labute approximate surface area is 188 Å². The van der Waals surface area contributed by atoms with E-state index in [-0.39, 0.29) is 16.7 Å². The van der Waals surface area contributed by atoms with E-state index in [1.807, 2.05) is 10.6 Å². The van der Waals surface area contributed by atoms with Crippen LogP contribution in [-0.4, -0.2) is 31.5 Å². The van der Waals surface area contributed by atoms with Crippen molar-refractivity contribution in [2.24, 2.45) is 0 Å². The maximum absolute atomic E-state index is 14.3. The summed E-state index contributed by atoms with van der Waals surface area (Å²) in [6.45, 7) is -0.676. The Bertz CT molecular complexity index is 1010. The Morgan fingerprint density at radius 3 is 2.30 bits per heavy atom. The number of allylic oxidation sites excluding steroid dienone is 1. The van der Waals surface area contributed by atoms with Gasteiger partial charge in [0.15, 0.2) is 0 Å². The van der Waals surface area contributed by atoms with Crippen LogP contribution in [0.4, 0.5) is 35.1 Å². The van der Waals surface area contributed by atoms with Crippen LogP contribution in [0.15, 0.2) is 36.4 Å². The van der Waals surface area contributed by atoms with Crippen LogP contribution in [-0.2, 0) is 0 Å². The molecule has 0 fully saturated rings. The fraction of sp³-hybridized carbons (Fsp3) is 0.286. The normalized spacial score (nSPS) is 13.4. The van der Waals surface area contributed by atoms with Crippen LogP contribution >= 0.6 is 11.6 Å². The average molecular weight is 501 g/mol. The van der Waals surface area contributed by atoms with Gasteiger partial charge in [0.25, 0.3) is 5.91 Å². The first kappa shape index (κ1) is 26.6. The van der Waals surface area contributed by atoms with E-state index in [1.54, 1.807) is 0 Å². The summed E-state index contributed by atoms with van der Waals surface area (Å²) in [5.41, 5.74) is -0.913. The zero-order valence-corrected chi connectivity index (χ0v) is 17.6. The van der Waals surface area contributed by atoms with Crippen LogP contribution < -0.4 is 10.6 Å². The lowest BCUT2D eigenvalue weighted by Crippen LogP contribution is -2.38. The highest BCUT2D eigenvalue weighted by atomic mass is 35.5. The third-order valence-electron chi connectivity index (χ3n) is 4.36. The van der Waals surface area contributed by atoms with Gasteiger partial charge in [0.2, 0.25) is 0 Å². The van der Waals surface area contributed by atoms with E-state index in [1.165, 1.54) is 6.92 Å². The summed E-state index contributed by atoms with van der Waals surface area (Å²) in [5, 5.41) is 3.47.